The van der Waals surface area contributed by atoms with Crippen molar-refractivity contribution in [2.45, 2.75) is 6.92 Å². The van der Waals surface area contributed by atoms with E-state index in [4.69, 9.17) is 9.15 Å². The number of aryl methyl sites for hydroxylation is 1. The number of hydrogen-bond acceptors (Lipinski definition) is 4. The minimum Gasteiger partial charge on any atom is -0.497 e. The van der Waals surface area contributed by atoms with Crippen molar-refractivity contribution in [1.82, 2.24) is 4.98 Å². The fourth-order valence-corrected chi connectivity index (χ4v) is 2.93. The van der Waals surface area contributed by atoms with Gasteiger partial charge in [-0.3, -0.25) is 4.79 Å². The monoisotopic (exact) mass is 384 g/mol. The molecule has 0 saturated carbocycles. The van der Waals surface area contributed by atoms with Crippen LogP contribution in [0.4, 0.5) is 5.69 Å². The summed E-state index contributed by atoms with van der Waals surface area (Å²) >= 11 is 0. The zero-order valence-corrected chi connectivity index (χ0v) is 16.2. The second-order valence-corrected chi connectivity index (χ2v) is 6.67. The van der Waals surface area contributed by atoms with E-state index in [1.807, 2.05) is 55.5 Å². The summed E-state index contributed by atoms with van der Waals surface area (Å²) in [6.07, 6.45) is 1.65. The van der Waals surface area contributed by atoms with E-state index in [1.54, 1.807) is 37.6 Å². The van der Waals surface area contributed by atoms with E-state index in [2.05, 4.69) is 10.3 Å². The van der Waals surface area contributed by atoms with Crippen LogP contribution in [0.15, 0.2) is 83.5 Å². The summed E-state index contributed by atoms with van der Waals surface area (Å²) in [6, 6.07) is 22.5. The van der Waals surface area contributed by atoms with E-state index >= 15 is 0 Å². The summed E-state index contributed by atoms with van der Waals surface area (Å²) in [7, 11) is 1.57. The molecule has 0 atom stereocenters. The molecular weight excluding hydrogens is 364 g/mol. The fourth-order valence-electron chi connectivity index (χ4n) is 2.93. The predicted molar refractivity (Wildman–Crippen MR) is 113 cm³/mol. The van der Waals surface area contributed by atoms with Gasteiger partial charge in [-0.15, -0.1) is 0 Å². The number of methoxy groups -OCH3 is 1. The van der Waals surface area contributed by atoms with Crippen LogP contribution < -0.4 is 10.1 Å². The molecule has 0 aliphatic rings. The molecule has 0 saturated heterocycles. The van der Waals surface area contributed by atoms with Gasteiger partial charge in [0, 0.05) is 22.4 Å². The maximum atomic E-state index is 12.4. The summed E-state index contributed by atoms with van der Waals surface area (Å²) in [6.45, 7) is 2.05. The van der Waals surface area contributed by atoms with Gasteiger partial charge in [0.1, 0.15) is 17.7 Å². The van der Waals surface area contributed by atoms with E-state index in [9.17, 15) is 4.79 Å². The van der Waals surface area contributed by atoms with Crippen molar-refractivity contribution in [3.8, 4) is 28.5 Å². The van der Waals surface area contributed by atoms with Crippen molar-refractivity contribution in [3.05, 3.63) is 90.2 Å². The summed E-state index contributed by atoms with van der Waals surface area (Å²) in [4.78, 5) is 17.0. The molecule has 1 N–H and O–H groups in total. The molecule has 0 bridgehead atoms. The van der Waals surface area contributed by atoms with Gasteiger partial charge in [-0.05, 0) is 49.4 Å². The van der Waals surface area contributed by atoms with Crippen molar-refractivity contribution in [2.75, 3.05) is 12.4 Å². The zero-order chi connectivity index (χ0) is 20.2. The fraction of sp³-hybridized carbons (Fsp3) is 0.0833. The number of carbonyl (C=O) groups excluding carboxylic acids is 1. The summed E-state index contributed by atoms with van der Waals surface area (Å²) in [5, 5.41) is 2.88. The van der Waals surface area contributed by atoms with E-state index in [-0.39, 0.29) is 5.91 Å². The maximum Gasteiger partial charge on any atom is 0.255 e. The number of nitrogens with one attached hydrogen (secondary N) is 1. The van der Waals surface area contributed by atoms with E-state index in [1.165, 1.54) is 5.56 Å². The lowest BCUT2D eigenvalue weighted by Gasteiger charge is -2.07. The van der Waals surface area contributed by atoms with Crippen molar-refractivity contribution in [3.63, 3.8) is 0 Å². The summed E-state index contributed by atoms with van der Waals surface area (Å²) in [5.74, 6) is 0.974. The molecule has 144 valence electrons. The molecule has 5 heteroatoms. The van der Waals surface area contributed by atoms with Crippen LogP contribution >= 0.6 is 0 Å². The smallest absolute Gasteiger partial charge is 0.255 e. The first-order chi connectivity index (χ1) is 14.1. The first kappa shape index (κ1) is 18.5. The number of ether oxygens (including phenoxy) is 1. The topological polar surface area (TPSA) is 64.4 Å². The highest BCUT2D eigenvalue weighted by atomic mass is 16.5. The normalized spacial score (nSPS) is 10.6. The van der Waals surface area contributed by atoms with Gasteiger partial charge in [-0.25, -0.2) is 4.98 Å². The summed E-state index contributed by atoms with van der Waals surface area (Å²) in [5.41, 5.74) is 5.05. The van der Waals surface area contributed by atoms with Crippen LogP contribution in [0.3, 0.4) is 0 Å². The lowest BCUT2D eigenvalue weighted by molar-refractivity contribution is 0.102. The summed E-state index contributed by atoms with van der Waals surface area (Å²) < 4.78 is 10.8. The first-order valence-electron chi connectivity index (χ1n) is 9.21. The molecule has 29 heavy (non-hydrogen) atoms. The molecule has 0 radical (unpaired) electrons. The highest BCUT2D eigenvalue weighted by molar-refractivity contribution is 6.04. The number of hydrogen-bond donors (Lipinski definition) is 1. The maximum absolute atomic E-state index is 12.4. The van der Waals surface area contributed by atoms with Gasteiger partial charge in [0.05, 0.1) is 7.11 Å². The molecule has 1 amide bonds. The number of anilines is 1. The molecule has 0 fully saturated rings. The van der Waals surface area contributed by atoms with Gasteiger partial charge >= 0.3 is 0 Å². The Hall–Kier alpha value is -3.86. The number of oxazole rings is 1. The lowest BCUT2D eigenvalue weighted by atomic mass is 10.1. The third-order valence-electron chi connectivity index (χ3n) is 4.57. The molecular formula is C24H20N2O3. The third-order valence-corrected chi connectivity index (χ3v) is 4.57. The molecule has 0 aliphatic heterocycles. The van der Waals surface area contributed by atoms with Crippen LogP contribution in [-0.4, -0.2) is 18.0 Å². The molecule has 1 heterocycles. The van der Waals surface area contributed by atoms with E-state index in [0.29, 0.717) is 22.9 Å². The number of benzene rings is 3. The van der Waals surface area contributed by atoms with Crippen molar-refractivity contribution < 1.29 is 13.9 Å². The largest absolute Gasteiger partial charge is 0.497 e. The van der Waals surface area contributed by atoms with Crippen LogP contribution in [0.5, 0.6) is 5.75 Å². The van der Waals surface area contributed by atoms with Gasteiger partial charge < -0.3 is 14.5 Å². The number of nitrogens with zero attached hydrogens (tertiary/aromatic N) is 1. The van der Waals surface area contributed by atoms with Gasteiger partial charge in [0.2, 0.25) is 5.89 Å². The minimum absolute atomic E-state index is 0.200. The van der Waals surface area contributed by atoms with Crippen LogP contribution in [0.1, 0.15) is 15.9 Å². The molecule has 0 unspecified atom stereocenters. The van der Waals surface area contributed by atoms with Gasteiger partial charge in [-0.2, -0.15) is 0 Å². The number of aromatic nitrogens is 1. The van der Waals surface area contributed by atoms with Gasteiger partial charge in [0.15, 0.2) is 0 Å². The van der Waals surface area contributed by atoms with Gasteiger partial charge in [0.25, 0.3) is 5.91 Å². The Morgan fingerprint density at radius 3 is 2.41 bits per heavy atom. The molecule has 4 aromatic rings. The second-order valence-electron chi connectivity index (χ2n) is 6.67. The average Bonchev–Trinajstić information content (AvgIpc) is 3.25. The Labute approximate surface area is 169 Å². The Kier molecular flexibility index (Phi) is 5.12. The molecule has 5 nitrogen and oxygen atoms in total. The second kappa shape index (κ2) is 8.02. The van der Waals surface area contributed by atoms with Crippen molar-refractivity contribution >= 4 is 11.6 Å². The highest BCUT2D eigenvalue weighted by Crippen LogP contribution is 2.26. The van der Waals surface area contributed by atoms with Crippen LogP contribution in [0.2, 0.25) is 0 Å². The van der Waals surface area contributed by atoms with Crippen molar-refractivity contribution in [2.24, 2.45) is 0 Å². The average molecular weight is 384 g/mol. The Morgan fingerprint density at radius 1 is 0.966 bits per heavy atom. The number of amides is 1. The predicted octanol–water partition coefficient (Wildman–Crippen LogP) is 5.58. The molecule has 4 rings (SSSR count). The van der Waals surface area contributed by atoms with E-state index < -0.39 is 0 Å². The Morgan fingerprint density at radius 2 is 1.69 bits per heavy atom. The SMILES string of the molecule is COc1cccc(C(=O)Nc2ccc(-c3nc(-c4ccc(C)cc4)co3)cc2)c1. The van der Waals surface area contributed by atoms with E-state index in [0.717, 1.165) is 16.8 Å². The minimum atomic E-state index is -0.200. The standard InChI is InChI=1S/C24H20N2O3/c1-16-6-8-17(9-7-16)22-15-29-24(26-22)18-10-12-20(13-11-18)25-23(27)19-4-3-5-21(14-19)28-2/h3-15H,1-2H3,(H,25,27). The first-order valence-corrected chi connectivity index (χ1v) is 9.21. The highest BCUT2D eigenvalue weighted by Gasteiger charge is 2.10. The van der Waals surface area contributed by atoms with Crippen molar-refractivity contribution in [1.29, 1.82) is 0 Å². The Bertz CT molecular complexity index is 1130. The quantitative estimate of drug-likeness (QED) is 0.488. The van der Waals surface area contributed by atoms with Crippen LogP contribution in [0, 0.1) is 6.92 Å². The number of carbonyl (C=O) groups is 1. The van der Waals surface area contributed by atoms with Crippen LogP contribution in [-0.2, 0) is 0 Å². The van der Waals surface area contributed by atoms with Gasteiger partial charge in [-0.1, -0.05) is 35.9 Å². The molecule has 0 spiro atoms. The van der Waals surface area contributed by atoms with Crippen LogP contribution in [0.25, 0.3) is 22.7 Å². The number of rotatable bonds is 5. The molecule has 3 aromatic carbocycles. The Balaban J connectivity index is 1.48. The molecule has 0 aliphatic carbocycles. The zero-order valence-electron chi connectivity index (χ0n) is 16.2. The molecule has 1 aromatic heterocycles. The third kappa shape index (κ3) is 4.19. The lowest BCUT2D eigenvalue weighted by Crippen LogP contribution is -2.11.